The predicted molar refractivity (Wildman–Crippen MR) is 104 cm³/mol. The summed E-state index contributed by atoms with van der Waals surface area (Å²) in [6, 6.07) is 11.3. The molecule has 1 aliphatic heterocycles. The highest BCUT2D eigenvalue weighted by Crippen LogP contribution is 2.27. The number of nitro benzene ring substituents is 1. The van der Waals surface area contributed by atoms with Crippen molar-refractivity contribution in [2.24, 2.45) is 4.99 Å². The van der Waals surface area contributed by atoms with Crippen LogP contribution in [0.5, 0.6) is 0 Å². The van der Waals surface area contributed by atoms with E-state index in [-0.39, 0.29) is 16.3 Å². The summed E-state index contributed by atoms with van der Waals surface area (Å²) in [4.78, 5) is 29.1. The van der Waals surface area contributed by atoms with Gasteiger partial charge in [-0.05, 0) is 23.8 Å². The Morgan fingerprint density at radius 1 is 1.27 bits per heavy atom. The van der Waals surface area contributed by atoms with Gasteiger partial charge in [-0.2, -0.15) is 0 Å². The van der Waals surface area contributed by atoms with Gasteiger partial charge in [-0.25, -0.2) is 0 Å². The molecule has 0 bridgehead atoms. The van der Waals surface area contributed by atoms with Gasteiger partial charge in [-0.15, -0.1) is 0 Å². The zero-order valence-corrected chi connectivity index (χ0v) is 15.7. The summed E-state index contributed by atoms with van der Waals surface area (Å²) in [5, 5.41) is 12.3. The highest BCUT2D eigenvalue weighted by Gasteiger charge is 2.27. The molecule has 0 unspecified atom stereocenters. The molecule has 134 valence electrons. The number of nitro groups is 1. The van der Waals surface area contributed by atoms with Crippen LogP contribution >= 0.6 is 35.0 Å². The van der Waals surface area contributed by atoms with Gasteiger partial charge in [0.15, 0.2) is 5.17 Å². The minimum absolute atomic E-state index is 0.0961. The van der Waals surface area contributed by atoms with Crippen LogP contribution in [0.4, 0.5) is 5.69 Å². The van der Waals surface area contributed by atoms with E-state index in [1.54, 1.807) is 6.07 Å². The molecule has 3 rings (SSSR count). The summed E-state index contributed by atoms with van der Waals surface area (Å²) in [5.74, 6) is 0.208. The van der Waals surface area contributed by atoms with E-state index in [0.29, 0.717) is 29.0 Å². The average molecular weight is 410 g/mol. The number of amides is 1. The Bertz CT molecular complexity index is 905. The number of rotatable bonds is 4. The maximum atomic E-state index is 12.8. The molecule has 0 N–H and O–H groups in total. The SMILES string of the molecule is O=C(c1cc([N+](=O)[O-])ccc1Cl)N1CCN=C1SCc1cccc(Cl)c1. The average Bonchev–Trinajstić information content (AvgIpc) is 3.08. The Labute approximate surface area is 164 Å². The zero-order valence-electron chi connectivity index (χ0n) is 13.4. The first-order valence-corrected chi connectivity index (χ1v) is 9.37. The number of nitrogens with zero attached hydrogens (tertiary/aromatic N) is 3. The second kappa shape index (κ2) is 8.07. The Morgan fingerprint density at radius 2 is 2.08 bits per heavy atom. The van der Waals surface area contributed by atoms with Crippen LogP contribution in [0, 0.1) is 10.1 Å². The standard InChI is InChI=1S/C17H13Cl2N3O3S/c18-12-3-1-2-11(8-12)10-26-17-20-6-7-21(17)16(23)14-9-13(22(24)25)4-5-15(14)19/h1-5,8-9H,6-7,10H2. The Hall–Kier alpha value is -2.09. The highest BCUT2D eigenvalue weighted by atomic mass is 35.5. The van der Waals surface area contributed by atoms with Gasteiger partial charge in [0.25, 0.3) is 11.6 Å². The van der Waals surface area contributed by atoms with Crippen LogP contribution in [-0.2, 0) is 5.75 Å². The minimum atomic E-state index is -0.556. The van der Waals surface area contributed by atoms with Crippen molar-refractivity contribution in [1.82, 2.24) is 4.90 Å². The molecule has 2 aromatic carbocycles. The molecule has 2 aromatic rings. The smallest absolute Gasteiger partial charge is 0.270 e. The Kier molecular flexibility index (Phi) is 5.80. The third kappa shape index (κ3) is 4.17. The van der Waals surface area contributed by atoms with Crippen LogP contribution in [0.3, 0.4) is 0 Å². The van der Waals surface area contributed by atoms with Crippen LogP contribution < -0.4 is 0 Å². The first-order chi connectivity index (χ1) is 12.5. The van der Waals surface area contributed by atoms with Gasteiger partial charge in [0.05, 0.1) is 22.1 Å². The number of halogens is 2. The lowest BCUT2D eigenvalue weighted by atomic mass is 10.2. The maximum Gasteiger partial charge on any atom is 0.270 e. The minimum Gasteiger partial charge on any atom is -0.286 e. The van der Waals surface area contributed by atoms with Gasteiger partial charge >= 0.3 is 0 Å². The third-order valence-electron chi connectivity index (χ3n) is 3.69. The third-order valence-corrected chi connectivity index (χ3v) is 5.34. The monoisotopic (exact) mass is 409 g/mol. The van der Waals surface area contributed by atoms with Gasteiger partial charge in [-0.1, -0.05) is 47.1 Å². The van der Waals surface area contributed by atoms with Crippen molar-refractivity contribution >= 4 is 51.7 Å². The van der Waals surface area contributed by atoms with E-state index in [2.05, 4.69) is 4.99 Å². The normalized spacial score (nSPS) is 13.6. The molecule has 0 saturated carbocycles. The highest BCUT2D eigenvalue weighted by molar-refractivity contribution is 8.13. The largest absolute Gasteiger partial charge is 0.286 e. The van der Waals surface area contributed by atoms with Crippen molar-refractivity contribution < 1.29 is 9.72 Å². The molecule has 0 fully saturated rings. The van der Waals surface area contributed by atoms with Crippen LogP contribution in [0.1, 0.15) is 15.9 Å². The van der Waals surface area contributed by atoms with Crippen LogP contribution in [0.25, 0.3) is 0 Å². The number of non-ortho nitro benzene ring substituents is 1. The number of hydrogen-bond acceptors (Lipinski definition) is 5. The molecule has 9 heteroatoms. The molecule has 1 aliphatic rings. The summed E-state index contributed by atoms with van der Waals surface area (Å²) in [6.07, 6.45) is 0. The molecule has 0 radical (unpaired) electrons. The molecular weight excluding hydrogens is 397 g/mol. The number of hydrogen-bond donors (Lipinski definition) is 0. The molecule has 0 spiro atoms. The van der Waals surface area contributed by atoms with Crippen molar-refractivity contribution in [3.8, 4) is 0 Å². The number of thioether (sulfide) groups is 1. The number of benzene rings is 2. The fourth-order valence-electron chi connectivity index (χ4n) is 2.45. The second-order valence-electron chi connectivity index (χ2n) is 5.46. The summed E-state index contributed by atoms with van der Waals surface area (Å²) >= 11 is 13.5. The van der Waals surface area contributed by atoms with Gasteiger partial charge in [0, 0.05) is 29.5 Å². The van der Waals surface area contributed by atoms with Crippen LogP contribution in [0.15, 0.2) is 47.5 Å². The second-order valence-corrected chi connectivity index (χ2v) is 7.25. The number of amidine groups is 1. The van der Waals surface area contributed by atoms with Gasteiger partial charge in [0.1, 0.15) is 0 Å². The maximum absolute atomic E-state index is 12.8. The van der Waals surface area contributed by atoms with E-state index in [9.17, 15) is 14.9 Å². The van der Waals surface area contributed by atoms with E-state index < -0.39 is 10.8 Å². The number of carbonyl (C=O) groups is 1. The lowest BCUT2D eigenvalue weighted by Gasteiger charge is -2.18. The molecule has 0 aliphatic carbocycles. The van der Waals surface area contributed by atoms with Crippen molar-refractivity contribution in [2.75, 3.05) is 13.1 Å². The van der Waals surface area contributed by atoms with Crippen LogP contribution in [0.2, 0.25) is 10.0 Å². The molecular formula is C17H13Cl2N3O3S. The lowest BCUT2D eigenvalue weighted by molar-refractivity contribution is -0.384. The molecule has 0 atom stereocenters. The Morgan fingerprint density at radius 3 is 2.81 bits per heavy atom. The van der Waals surface area contributed by atoms with E-state index in [0.717, 1.165) is 5.56 Å². The van der Waals surface area contributed by atoms with E-state index in [1.165, 1.54) is 34.9 Å². The van der Waals surface area contributed by atoms with Crippen molar-refractivity contribution in [3.63, 3.8) is 0 Å². The first-order valence-electron chi connectivity index (χ1n) is 7.63. The van der Waals surface area contributed by atoms with Crippen molar-refractivity contribution in [2.45, 2.75) is 5.75 Å². The van der Waals surface area contributed by atoms with Crippen molar-refractivity contribution in [3.05, 3.63) is 73.8 Å². The quantitative estimate of drug-likeness (QED) is 0.543. The van der Waals surface area contributed by atoms with E-state index in [1.807, 2.05) is 18.2 Å². The zero-order chi connectivity index (χ0) is 18.7. The number of aliphatic imine (C=N–C) groups is 1. The fraction of sp³-hybridized carbons (Fsp3) is 0.176. The summed E-state index contributed by atoms with van der Waals surface area (Å²) in [6.45, 7) is 0.895. The van der Waals surface area contributed by atoms with Crippen molar-refractivity contribution in [1.29, 1.82) is 0 Å². The van der Waals surface area contributed by atoms with Gasteiger partial charge in [-0.3, -0.25) is 24.8 Å². The van der Waals surface area contributed by atoms with E-state index in [4.69, 9.17) is 23.2 Å². The van der Waals surface area contributed by atoms with Crippen LogP contribution in [-0.4, -0.2) is 34.0 Å². The molecule has 1 amide bonds. The Balaban J connectivity index is 1.76. The first kappa shape index (κ1) is 18.7. The molecule has 0 aromatic heterocycles. The predicted octanol–water partition coefficient (Wildman–Crippen LogP) is 4.65. The summed E-state index contributed by atoms with van der Waals surface area (Å²) in [7, 11) is 0. The van der Waals surface area contributed by atoms with Gasteiger partial charge < -0.3 is 0 Å². The molecule has 0 saturated heterocycles. The molecule has 6 nitrogen and oxygen atoms in total. The summed E-state index contributed by atoms with van der Waals surface area (Å²) < 4.78 is 0. The molecule has 26 heavy (non-hydrogen) atoms. The topological polar surface area (TPSA) is 75.8 Å². The number of carbonyl (C=O) groups excluding carboxylic acids is 1. The summed E-state index contributed by atoms with van der Waals surface area (Å²) in [5.41, 5.74) is 0.929. The fourth-order valence-corrected chi connectivity index (χ4v) is 3.85. The molecule has 1 heterocycles. The lowest BCUT2D eigenvalue weighted by Crippen LogP contribution is -2.33. The van der Waals surface area contributed by atoms with Gasteiger partial charge in [0.2, 0.25) is 0 Å². The van der Waals surface area contributed by atoms with E-state index >= 15 is 0 Å².